The van der Waals surface area contributed by atoms with Gasteiger partial charge in [0.25, 0.3) is 0 Å². The Labute approximate surface area is 102 Å². The van der Waals surface area contributed by atoms with Crippen LogP contribution in [0.3, 0.4) is 0 Å². The van der Waals surface area contributed by atoms with Crippen molar-refractivity contribution in [3.05, 3.63) is 12.4 Å². The van der Waals surface area contributed by atoms with Crippen LogP contribution in [0, 0.1) is 0 Å². The van der Waals surface area contributed by atoms with E-state index in [1.54, 1.807) is 6.20 Å². The van der Waals surface area contributed by atoms with Crippen molar-refractivity contribution < 1.29 is 5.11 Å². The fourth-order valence-corrected chi connectivity index (χ4v) is 2.38. The maximum absolute atomic E-state index is 8.91. The number of rotatable bonds is 5. The minimum absolute atomic E-state index is 0.270. The molecule has 0 aromatic carbocycles. The van der Waals surface area contributed by atoms with Crippen molar-refractivity contribution in [2.75, 3.05) is 30.4 Å². The van der Waals surface area contributed by atoms with Crippen molar-refractivity contribution in [1.82, 2.24) is 9.97 Å². The van der Waals surface area contributed by atoms with E-state index in [-0.39, 0.29) is 6.61 Å². The molecular weight excluding hydrogens is 216 g/mol. The Morgan fingerprint density at radius 1 is 1.53 bits per heavy atom. The average molecular weight is 236 g/mol. The van der Waals surface area contributed by atoms with Gasteiger partial charge in [0.15, 0.2) is 0 Å². The molecule has 0 amide bonds. The van der Waals surface area contributed by atoms with Gasteiger partial charge in [-0.15, -0.1) is 0 Å². The maximum atomic E-state index is 8.91. The Balaban J connectivity index is 2.08. The molecule has 17 heavy (non-hydrogen) atoms. The van der Waals surface area contributed by atoms with Gasteiger partial charge in [0, 0.05) is 26.2 Å². The number of nitrogens with one attached hydrogen (secondary N) is 1. The lowest BCUT2D eigenvalue weighted by molar-refractivity contribution is 0.279. The monoisotopic (exact) mass is 236 g/mol. The molecule has 2 heterocycles. The summed E-state index contributed by atoms with van der Waals surface area (Å²) in [5.41, 5.74) is 0. The van der Waals surface area contributed by atoms with Crippen LogP contribution < -0.4 is 10.2 Å². The summed E-state index contributed by atoms with van der Waals surface area (Å²) in [5.74, 6) is 1.74. The Morgan fingerprint density at radius 2 is 2.41 bits per heavy atom. The molecule has 1 aromatic rings. The Morgan fingerprint density at radius 3 is 3.18 bits per heavy atom. The summed E-state index contributed by atoms with van der Waals surface area (Å²) in [6, 6.07) is 0.503. The molecule has 0 aliphatic carbocycles. The number of aliphatic hydroxyl groups is 1. The van der Waals surface area contributed by atoms with E-state index >= 15 is 0 Å². The molecule has 5 nitrogen and oxygen atoms in total. The van der Waals surface area contributed by atoms with E-state index in [0.717, 1.165) is 31.0 Å². The van der Waals surface area contributed by atoms with E-state index in [1.165, 1.54) is 12.8 Å². The minimum atomic E-state index is 0.270. The molecule has 1 unspecified atom stereocenters. The molecule has 1 saturated heterocycles. The van der Waals surface area contributed by atoms with E-state index in [2.05, 4.69) is 20.2 Å². The van der Waals surface area contributed by atoms with Crippen LogP contribution in [0.1, 0.15) is 25.7 Å². The number of hydrogen-bond donors (Lipinski definition) is 2. The van der Waals surface area contributed by atoms with Crippen molar-refractivity contribution in [2.45, 2.75) is 31.7 Å². The first-order valence-electron chi connectivity index (χ1n) is 6.22. The number of aromatic nitrogens is 2. The Kier molecular flexibility index (Phi) is 4.14. The van der Waals surface area contributed by atoms with Gasteiger partial charge in [0.2, 0.25) is 0 Å². The van der Waals surface area contributed by atoms with Crippen LogP contribution in [0.25, 0.3) is 0 Å². The minimum Gasteiger partial charge on any atom is -0.396 e. The van der Waals surface area contributed by atoms with Crippen LogP contribution in [0.2, 0.25) is 0 Å². The molecule has 2 N–H and O–H groups in total. The quantitative estimate of drug-likeness (QED) is 0.806. The predicted molar refractivity (Wildman–Crippen MR) is 68.3 cm³/mol. The highest BCUT2D eigenvalue weighted by Crippen LogP contribution is 2.26. The van der Waals surface area contributed by atoms with E-state index in [0.29, 0.717) is 6.04 Å². The highest BCUT2D eigenvalue weighted by molar-refractivity contribution is 5.45. The number of hydrogen-bond acceptors (Lipinski definition) is 5. The van der Waals surface area contributed by atoms with Crippen LogP contribution in [0.4, 0.5) is 11.6 Å². The van der Waals surface area contributed by atoms with E-state index in [9.17, 15) is 0 Å². The number of aliphatic hydroxyl groups excluding tert-OH is 1. The molecule has 0 radical (unpaired) electrons. The van der Waals surface area contributed by atoms with Crippen LogP contribution in [0.5, 0.6) is 0 Å². The number of nitrogens with zero attached hydrogens (tertiary/aromatic N) is 3. The zero-order valence-electron chi connectivity index (χ0n) is 10.3. The van der Waals surface area contributed by atoms with Crippen molar-refractivity contribution >= 4 is 11.6 Å². The lowest BCUT2D eigenvalue weighted by Crippen LogP contribution is -2.30. The fourth-order valence-electron chi connectivity index (χ4n) is 2.38. The fraction of sp³-hybridized carbons (Fsp3) is 0.667. The largest absolute Gasteiger partial charge is 0.396 e. The van der Waals surface area contributed by atoms with Crippen LogP contribution in [0.15, 0.2) is 12.4 Å². The smallest absolute Gasteiger partial charge is 0.149 e. The molecule has 0 spiro atoms. The highest BCUT2D eigenvalue weighted by Gasteiger charge is 2.25. The molecule has 0 saturated carbocycles. The van der Waals surface area contributed by atoms with Crippen molar-refractivity contribution in [3.8, 4) is 0 Å². The lowest BCUT2D eigenvalue weighted by atomic mass is 10.1. The van der Waals surface area contributed by atoms with Crippen LogP contribution in [-0.4, -0.2) is 41.3 Å². The Bertz CT molecular complexity index is 358. The molecule has 1 aliphatic heterocycles. The first-order chi connectivity index (χ1) is 8.35. The molecular formula is C12H20N4O. The molecule has 0 bridgehead atoms. The standard InChI is InChI=1S/C12H20N4O/c1-13-11-8-14-9-12(15-11)16-6-2-4-10(16)5-3-7-17/h8-10,17H,2-7H2,1H3,(H,13,15). The maximum Gasteiger partial charge on any atom is 0.149 e. The topological polar surface area (TPSA) is 61.3 Å². The zero-order chi connectivity index (χ0) is 12.1. The summed E-state index contributed by atoms with van der Waals surface area (Å²) in [4.78, 5) is 11.0. The van der Waals surface area contributed by atoms with Gasteiger partial charge in [-0.3, -0.25) is 4.98 Å². The van der Waals surface area contributed by atoms with E-state index < -0.39 is 0 Å². The molecule has 2 rings (SSSR count). The molecule has 1 atom stereocenters. The van der Waals surface area contributed by atoms with Crippen molar-refractivity contribution in [1.29, 1.82) is 0 Å². The van der Waals surface area contributed by atoms with Gasteiger partial charge in [-0.1, -0.05) is 0 Å². The van der Waals surface area contributed by atoms with Gasteiger partial charge < -0.3 is 15.3 Å². The molecule has 1 fully saturated rings. The lowest BCUT2D eigenvalue weighted by Gasteiger charge is -2.25. The van der Waals surface area contributed by atoms with Gasteiger partial charge in [-0.2, -0.15) is 0 Å². The highest BCUT2D eigenvalue weighted by atomic mass is 16.2. The first-order valence-corrected chi connectivity index (χ1v) is 6.22. The molecule has 5 heteroatoms. The third-order valence-electron chi connectivity index (χ3n) is 3.24. The van der Waals surface area contributed by atoms with Crippen LogP contribution >= 0.6 is 0 Å². The summed E-state index contributed by atoms with van der Waals surface area (Å²) in [6.07, 6.45) is 7.82. The molecule has 1 aromatic heterocycles. The average Bonchev–Trinajstić information content (AvgIpc) is 2.84. The van der Waals surface area contributed by atoms with Gasteiger partial charge in [-0.25, -0.2) is 4.98 Å². The zero-order valence-corrected chi connectivity index (χ0v) is 10.3. The summed E-state index contributed by atoms with van der Waals surface area (Å²) in [6.45, 7) is 1.31. The van der Waals surface area contributed by atoms with Gasteiger partial charge in [-0.05, 0) is 25.7 Å². The second-order valence-electron chi connectivity index (χ2n) is 4.37. The van der Waals surface area contributed by atoms with Gasteiger partial charge in [0.05, 0.1) is 12.4 Å². The summed E-state index contributed by atoms with van der Waals surface area (Å²) in [5, 5.41) is 11.9. The SMILES string of the molecule is CNc1cncc(N2CCCC2CCCO)n1. The van der Waals surface area contributed by atoms with E-state index in [4.69, 9.17) is 5.11 Å². The van der Waals surface area contributed by atoms with E-state index in [1.807, 2.05) is 13.2 Å². The normalized spacial score (nSPS) is 19.6. The van der Waals surface area contributed by atoms with Gasteiger partial charge in [0.1, 0.15) is 11.6 Å². The van der Waals surface area contributed by atoms with Crippen molar-refractivity contribution in [2.24, 2.45) is 0 Å². The van der Waals surface area contributed by atoms with Gasteiger partial charge >= 0.3 is 0 Å². The van der Waals surface area contributed by atoms with Crippen LogP contribution in [-0.2, 0) is 0 Å². The Hall–Kier alpha value is -1.36. The molecule has 94 valence electrons. The number of anilines is 2. The summed E-state index contributed by atoms with van der Waals surface area (Å²) >= 11 is 0. The third kappa shape index (κ3) is 2.85. The molecule has 1 aliphatic rings. The van der Waals surface area contributed by atoms with Crippen molar-refractivity contribution in [3.63, 3.8) is 0 Å². The first kappa shape index (κ1) is 12.1. The summed E-state index contributed by atoms with van der Waals surface area (Å²) < 4.78 is 0. The predicted octanol–water partition coefficient (Wildman–Crippen LogP) is 1.26. The third-order valence-corrected chi connectivity index (χ3v) is 3.24. The second kappa shape index (κ2) is 5.82. The second-order valence-corrected chi connectivity index (χ2v) is 4.37. The summed E-state index contributed by atoms with van der Waals surface area (Å²) in [7, 11) is 1.85.